The second-order valence-electron chi connectivity index (χ2n) is 7.96. The number of rotatable bonds is 11. The molecule has 180 valence electrons. The number of amides is 2. The number of benzene rings is 2. The molecule has 2 aromatic rings. The van der Waals surface area contributed by atoms with Crippen molar-refractivity contribution in [1.29, 1.82) is 0 Å². The Hall–Kier alpha value is -2.94. The number of likely N-dealkylation sites (N-methyl/N-ethyl adjacent to an activating group) is 1. The molecule has 7 nitrogen and oxygen atoms in total. The molecule has 0 unspecified atom stereocenters. The van der Waals surface area contributed by atoms with E-state index in [1.807, 2.05) is 19.1 Å². The van der Waals surface area contributed by atoms with Crippen molar-refractivity contribution in [2.24, 2.45) is 0 Å². The predicted molar refractivity (Wildman–Crippen MR) is 128 cm³/mol. The van der Waals surface area contributed by atoms with E-state index in [1.165, 1.54) is 15.3 Å². The zero-order valence-corrected chi connectivity index (χ0v) is 20.4. The van der Waals surface area contributed by atoms with Gasteiger partial charge in [-0.2, -0.15) is 0 Å². The smallest absolute Gasteiger partial charge is 0.242 e. The van der Waals surface area contributed by atoms with Crippen molar-refractivity contribution in [3.8, 4) is 0 Å². The maximum absolute atomic E-state index is 14.2. The van der Waals surface area contributed by atoms with Crippen LogP contribution in [0.1, 0.15) is 37.8 Å². The predicted octanol–water partition coefficient (Wildman–Crippen LogP) is 3.23. The number of hydrogen-bond donors (Lipinski definition) is 1. The van der Waals surface area contributed by atoms with Gasteiger partial charge in [0.05, 0.1) is 11.9 Å². The van der Waals surface area contributed by atoms with Crippen molar-refractivity contribution < 1.29 is 22.4 Å². The van der Waals surface area contributed by atoms with Gasteiger partial charge < -0.3 is 10.2 Å². The molecule has 0 heterocycles. The van der Waals surface area contributed by atoms with E-state index in [-0.39, 0.29) is 37.7 Å². The van der Waals surface area contributed by atoms with Crippen LogP contribution in [0, 0.1) is 12.7 Å². The van der Waals surface area contributed by atoms with Gasteiger partial charge in [0.25, 0.3) is 0 Å². The Morgan fingerprint density at radius 3 is 2.30 bits per heavy atom. The summed E-state index contributed by atoms with van der Waals surface area (Å²) in [5.74, 6) is -1.14. The first-order chi connectivity index (χ1) is 15.5. The first-order valence-electron chi connectivity index (χ1n) is 10.9. The minimum absolute atomic E-state index is 0.01000. The van der Waals surface area contributed by atoms with Crippen LogP contribution in [0.4, 0.5) is 10.1 Å². The Bertz CT molecular complexity index is 1060. The van der Waals surface area contributed by atoms with E-state index in [0.717, 1.165) is 11.8 Å². The molecule has 0 aromatic heterocycles. The average molecular weight is 478 g/mol. The van der Waals surface area contributed by atoms with Crippen LogP contribution in [-0.2, 0) is 26.2 Å². The standard InChI is InChI=1S/C24H32FN3O4S/c1-5-26-24(30)19(3)27(17-20-9-6-7-10-22(20)25)23(29)11-8-16-28(33(4,31)32)21-14-12-18(2)13-15-21/h6-7,9-10,12-15,19H,5,8,11,16-17H2,1-4H3,(H,26,30)/t19-/m1/s1. The number of nitrogens with one attached hydrogen (secondary N) is 1. The molecule has 0 bridgehead atoms. The fourth-order valence-corrected chi connectivity index (χ4v) is 4.40. The topological polar surface area (TPSA) is 86.8 Å². The van der Waals surface area contributed by atoms with Gasteiger partial charge in [-0.15, -0.1) is 0 Å². The molecule has 2 amide bonds. The number of aryl methyl sites for hydroxylation is 1. The maximum Gasteiger partial charge on any atom is 0.242 e. The van der Waals surface area contributed by atoms with Crippen molar-refractivity contribution in [1.82, 2.24) is 10.2 Å². The molecule has 0 aliphatic carbocycles. The van der Waals surface area contributed by atoms with Crippen LogP contribution >= 0.6 is 0 Å². The lowest BCUT2D eigenvalue weighted by Crippen LogP contribution is -2.47. The molecule has 0 aliphatic heterocycles. The van der Waals surface area contributed by atoms with Crippen LogP contribution in [0.2, 0.25) is 0 Å². The molecule has 0 saturated carbocycles. The lowest BCUT2D eigenvalue weighted by Gasteiger charge is -2.29. The Morgan fingerprint density at radius 2 is 1.73 bits per heavy atom. The van der Waals surface area contributed by atoms with E-state index >= 15 is 0 Å². The summed E-state index contributed by atoms with van der Waals surface area (Å²) in [5.41, 5.74) is 1.83. The summed E-state index contributed by atoms with van der Waals surface area (Å²) in [6.07, 6.45) is 1.38. The third-order valence-corrected chi connectivity index (χ3v) is 6.49. The van der Waals surface area contributed by atoms with Gasteiger partial charge in [-0.3, -0.25) is 13.9 Å². The van der Waals surface area contributed by atoms with E-state index < -0.39 is 21.9 Å². The van der Waals surface area contributed by atoms with E-state index in [4.69, 9.17) is 0 Å². The van der Waals surface area contributed by atoms with Gasteiger partial charge in [0.15, 0.2) is 0 Å². The van der Waals surface area contributed by atoms with Crippen LogP contribution in [0.15, 0.2) is 48.5 Å². The van der Waals surface area contributed by atoms with E-state index in [2.05, 4.69) is 5.32 Å². The molecule has 9 heteroatoms. The molecule has 1 N–H and O–H groups in total. The van der Waals surface area contributed by atoms with Crippen molar-refractivity contribution in [2.45, 2.75) is 46.2 Å². The Labute approximate surface area is 195 Å². The summed E-state index contributed by atoms with van der Waals surface area (Å²) >= 11 is 0. The van der Waals surface area contributed by atoms with E-state index in [9.17, 15) is 22.4 Å². The van der Waals surface area contributed by atoms with E-state index in [0.29, 0.717) is 17.8 Å². The molecule has 33 heavy (non-hydrogen) atoms. The number of sulfonamides is 1. The summed E-state index contributed by atoms with van der Waals surface area (Å²) in [5, 5.41) is 2.69. The van der Waals surface area contributed by atoms with Crippen LogP contribution in [0.25, 0.3) is 0 Å². The quantitative estimate of drug-likeness (QED) is 0.538. The third kappa shape index (κ3) is 7.56. The number of nitrogens with zero attached hydrogens (tertiary/aromatic N) is 2. The monoisotopic (exact) mass is 477 g/mol. The summed E-state index contributed by atoms with van der Waals surface area (Å²) in [6, 6.07) is 12.4. The molecule has 0 spiro atoms. The SMILES string of the molecule is CCNC(=O)[C@@H](C)N(Cc1ccccc1F)C(=O)CCCN(c1ccc(C)cc1)S(C)(=O)=O. The molecule has 0 saturated heterocycles. The highest BCUT2D eigenvalue weighted by atomic mass is 32.2. The lowest BCUT2D eigenvalue weighted by atomic mass is 10.1. The number of anilines is 1. The van der Waals surface area contributed by atoms with Crippen molar-refractivity contribution in [3.63, 3.8) is 0 Å². The fourth-order valence-electron chi connectivity index (χ4n) is 3.43. The van der Waals surface area contributed by atoms with Gasteiger partial charge in [0, 0.05) is 31.6 Å². The molecule has 0 aliphatic rings. The zero-order valence-electron chi connectivity index (χ0n) is 19.5. The van der Waals surface area contributed by atoms with Crippen LogP contribution in [0.3, 0.4) is 0 Å². The minimum Gasteiger partial charge on any atom is -0.355 e. The van der Waals surface area contributed by atoms with Crippen molar-refractivity contribution in [3.05, 3.63) is 65.5 Å². The molecule has 2 aromatic carbocycles. The highest BCUT2D eigenvalue weighted by Crippen LogP contribution is 2.20. The molecular formula is C24H32FN3O4S. The summed E-state index contributed by atoms with van der Waals surface area (Å²) < 4.78 is 40.1. The number of carbonyl (C=O) groups is 2. The van der Waals surface area contributed by atoms with Crippen molar-refractivity contribution >= 4 is 27.5 Å². The summed E-state index contributed by atoms with van der Waals surface area (Å²) in [4.78, 5) is 26.8. The Kier molecular flexibility index (Phi) is 9.40. The number of halogens is 1. The zero-order chi connectivity index (χ0) is 24.6. The van der Waals surface area contributed by atoms with Crippen LogP contribution in [0.5, 0.6) is 0 Å². The van der Waals surface area contributed by atoms with Crippen LogP contribution < -0.4 is 9.62 Å². The van der Waals surface area contributed by atoms with Gasteiger partial charge >= 0.3 is 0 Å². The Balaban J connectivity index is 2.15. The lowest BCUT2D eigenvalue weighted by molar-refractivity contribution is -0.140. The average Bonchev–Trinajstić information content (AvgIpc) is 2.75. The normalized spacial score (nSPS) is 12.2. The molecular weight excluding hydrogens is 445 g/mol. The van der Waals surface area contributed by atoms with Gasteiger partial charge in [-0.1, -0.05) is 35.9 Å². The second kappa shape index (κ2) is 11.8. The van der Waals surface area contributed by atoms with Crippen LogP contribution in [-0.4, -0.2) is 50.5 Å². The third-order valence-electron chi connectivity index (χ3n) is 5.29. The highest BCUT2D eigenvalue weighted by Gasteiger charge is 2.27. The van der Waals surface area contributed by atoms with Gasteiger partial charge in [-0.25, -0.2) is 12.8 Å². The highest BCUT2D eigenvalue weighted by molar-refractivity contribution is 7.92. The molecule has 2 rings (SSSR count). The first kappa shape index (κ1) is 26.3. The van der Waals surface area contributed by atoms with Crippen molar-refractivity contribution in [2.75, 3.05) is 23.7 Å². The van der Waals surface area contributed by atoms with Gasteiger partial charge in [0.1, 0.15) is 11.9 Å². The fraction of sp³-hybridized carbons (Fsp3) is 0.417. The van der Waals surface area contributed by atoms with Gasteiger partial charge in [0.2, 0.25) is 21.8 Å². The van der Waals surface area contributed by atoms with Gasteiger partial charge in [-0.05, 0) is 45.4 Å². The second-order valence-corrected chi connectivity index (χ2v) is 9.86. The Morgan fingerprint density at radius 1 is 1.09 bits per heavy atom. The number of hydrogen-bond acceptors (Lipinski definition) is 4. The minimum atomic E-state index is -3.55. The maximum atomic E-state index is 14.2. The molecule has 0 fully saturated rings. The molecule has 1 atom stereocenters. The molecule has 0 radical (unpaired) electrons. The summed E-state index contributed by atoms with van der Waals surface area (Å²) in [7, 11) is -3.55. The first-order valence-corrected chi connectivity index (χ1v) is 12.7. The largest absolute Gasteiger partial charge is 0.355 e. The number of carbonyl (C=O) groups excluding carboxylic acids is 2. The van der Waals surface area contributed by atoms with E-state index in [1.54, 1.807) is 44.2 Å². The summed E-state index contributed by atoms with van der Waals surface area (Å²) in [6.45, 7) is 5.74.